The highest BCUT2D eigenvalue weighted by atomic mass is 16.5. The number of aliphatic hydroxyl groups excluding tert-OH is 3. The van der Waals surface area contributed by atoms with Crippen molar-refractivity contribution in [3.63, 3.8) is 0 Å². The summed E-state index contributed by atoms with van der Waals surface area (Å²) in [7, 11) is 0. The van der Waals surface area contributed by atoms with Crippen molar-refractivity contribution in [1.29, 1.82) is 0 Å². The molecule has 0 aromatic carbocycles. The van der Waals surface area contributed by atoms with Crippen LogP contribution in [0.2, 0.25) is 0 Å². The predicted molar refractivity (Wildman–Crippen MR) is 50.6 cm³/mol. The number of carbonyl (C=O) groups is 2. The number of rotatable bonds is 8. The van der Waals surface area contributed by atoms with Crippen LogP contribution in [-0.2, 0) is 14.3 Å². The first-order valence-corrected chi connectivity index (χ1v) is 4.43. The molecular formula is C8H15NO7. The van der Waals surface area contributed by atoms with Crippen molar-refractivity contribution >= 4 is 11.9 Å². The Labute approximate surface area is 91.5 Å². The molecule has 94 valence electrons. The first kappa shape index (κ1) is 14.8. The molecule has 0 spiro atoms. The van der Waals surface area contributed by atoms with E-state index in [0.717, 1.165) is 0 Å². The molecule has 0 fully saturated rings. The molecule has 0 aliphatic carbocycles. The van der Waals surface area contributed by atoms with Crippen LogP contribution >= 0.6 is 0 Å². The van der Waals surface area contributed by atoms with E-state index in [0.29, 0.717) is 0 Å². The molecule has 0 radical (unpaired) electrons. The number of carboxylic acids is 1. The summed E-state index contributed by atoms with van der Waals surface area (Å²) in [6.45, 7) is -3.11. The van der Waals surface area contributed by atoms with Gasteiger partial charge in [0.05, 0.1) is 19.8 Å². The fraction of sp³-hybridized carbons (Fsp3) is 0.750. The Bertz CT molecular complexity index is 230. The van der Waals surface area contributed by atoms with Gasteiger partial charge in [-0.25, -0.2) is 4.79 Å². The van der Waals surface area contributed by atoms with E-state index >= 15 is 0 Å². The molecule has 0 aliphatic heterocycles. The van der Waals surface area contributed by atoms with Crippen molar-refractivity contribution in [2.24, 2.45) is 0 Å². The van der Waals surface area contributed by atoms with Crippen molar-refractivity contribution in [3.8, 4) is 0 Å². The Balaban J connectivity index is 4.05. The second kappa shape index (κ2) is 7.12. The predicted octanol–water partition coefficient (Wildman–Crippen LogP) is -3.08. The average Bonchev–Trinajstić information content (AvgIpc) is 2.25. The zero-order valence-electron chi connectivity index (χ0n) is 8.55. The minimum absolute atomic E-state index is 0.534. The molecule has 0 aliphatic rings. The summed E-state index contributed by atoms with van der Waals surface area (Å²) in [6, 6.07) is 0. The summed E-state index contributed by atoms with van der Waals surface area (Å²) in [6.07, 6.45) is 0. The van der Waals surface area contributed by atoms with Crippen molar-refractivity contribution in [2.45, 2.75) is 5.54 Å². The number of nitrogens with one attached hydrogen (secondary N) is 1. The minimum Gasteiger partial charge on any atom is -0.480 e. The topological polar surface area (TPSA) is 136 Å². The van der Waals surface area contributed by atoms with Crippen molar-refractivity contribution < 1.29 is 34.8 Å². The van der Waals surface area contributed by atoms with E-state index in [2.05, 4.69) is 10.1 Å². The number of hydrogen-bond donors (Lipinski definition) is 5. The maximum absolute atomic E-state index is 11.2. The molecule has 0 saturated heterocycles. The third-order valence-electron chi connectivity index (χ3n) is 1.77. The molecule has 1 amide bonds. The number of aliphatic carboxylic acids is 1. The van der Waals surface area contributed by atoms with Gasteiger partial charge in [0.15, 0.2) is 0 Å². The van der Waals surface area contributed by atoms with Gasteiger partial charge in [-0.2, -0.15) is 0 Å². The molecule has 8 nitrogen and oxygen atoms in total. The van der Waals surface area contributed by atoms with Crippen LogP contribution in [0.1, 0.15) is 0 Å². The summed E-state index contributed by atoms with van der Waals surface area (Å²) < 4.78 is 4.48. The molecule has 5 N–H and O–H groups in total. The molecule has 0 rings (SSSR count). The Morgan fingerprint density at radius 3 is 1.94 bits per heavy atom. The van der Waals surface area contributed by atoms with Crippen LogP contribution in [0.25, 0.3) is 0 Å². The molecule has 0 aromatic rings. The highest BCUT2D eigenvalue weighted by Crippen LogP contribution is 2.01. The lowest BCUT2D eigenvalue weighted by molar-refractivity contribution is -0.144. The first-order valence-electron chi connectivity index (χ1n) is 4.43. The fourth-order valence-corrected chi connectivity index (χ4v) is 0.831. The second-order valence-electron chi connectivity index (χ2n) is 3.19. The maximum atomic E-state index is 11.2. The first-order chi connectivity index (χ1) is 7.49. The lowest BCUT2D eigenvalue weighted by Crippen LogP contribution is -2.57. The molecule has 0 unspecified atom stereocenters. The molecule has 0 heterocycles. The Kier molecular flexibility index (Phi) is 6.58. The summed E-state index contributed by atoms with van der Waals surface area (Å²) >= 11 is 0. The van der Waals surface area contributed by atoms with Crippen LogP contribution in [0.15, 0.2) is 0 Å². The third kappa shape index (κ3) is 5.03. The van der Waals surface area contributed by atoms with Gasteiger partial charge in [0, 0.05) is 0 Å². The number of amides is 1. The van der Waals surface area contributed by atoms with E-state index in [4.69, 9.17) is 20.4 Å². The highest BCUT2D eigenvalue weighted by molar-refractivity contribution is 5.78. The van der Waals surface area contributed by atoms with Crippen LogP contribution in [0.5, 0.6) is 0 Å². The van der Waals surface area contributed by atoms with Gasteiger partial charge in [-0.05, 0) is 0 Å². The van der Waals surface area contributed by atoms with E-state index in [1.807, 2.05) is 0 Å². The fourth-order valence-electron chi connectivity index (χ4n) is 0.831. The van der Waals surface area contributed by atoms with Gasteiger partial charge in [0.1, 0.15) is 18.8 Å². The Hall–Kier alpha value is -1.22. The zero-order valence-corrected chi connectivity index (χ0v) is 8.55. The lowest BCUT2D eigenvalue weighted by Gasteiger charge is -2.28. The van der Waals surface area contributed by atoms with Crippen LogP contribution in [0.3, 0.4) is 0 Å². The van der Waals surface area contributed by atoms with E-state index in [1.54, 1.807) is 0 Å². The van der Waals surface area contributed by atoms with Crippen LogP contribution in [0.4, 0.5) is 0 Å². The minimum atomic E-state index is -1.52. The maximum Gasteiger partial charge on any atom is 0.329 e. The second-order valence-corrected chi connectivity index (χ2v) is 3.19. The smallest absolute Gasteiger partial charge is 0.329 e. The normalized spacial score (nSPS) is 11.2. The van der Waals surface area contributed by atoms with Gasteiger partial charge in [0.2, 0.25) is 5.91 Å². The number of hydrogen-bond acceptors (Lipinski definition) is 6. The van der Waals surface area contributed by atoms with Crippen LogP contribution < -0.4 is 5.32 Å². The van der Waals surface area contributed by atoms with E-state index in [-0.39, 0.29) is 0 Å². The summed E-state index contributed by atoms with van der Waals surface area (Å²) in [5, 5.41) is 37.0. The lowest BCUT2D eigenvalue weighted by atomic mass is 10.0. The number of carbonyl (C=O) groups excluding carboxylic acids is 1. The van der Waals surface area contributed by atoms with Crippen LogP contribution in [-0.4, -0.2) is 70.9 Å². The van der Waals surface area contributed by atoms with E-state index in [1.165, 1.54) is 0 Å². The third-order valence-corrected chi connectivity index (χ3v) is 1.77. The van der Waals surface area contributed by atoms with Gasteiger partial charge in [-0.3, -0.25) is 4.79 Å². The molecule has 0 aromatic heterocycles. The quantitative estimate of drug-likeness (QED) is 0.302. The number of carboxylic acid groups (broad SMARTS) is 1. The van der Waals surface area contributed by atoms with Gasteiger partial charge >= 0.3 is 5.97 Å². The van der Waals surface area contributed by atoms with Gasteiger partial charge in [-0.15, -0.1) is 0 Å². The molecule has 0 bridgehead atoms. The SMILES string of the molecule is O=C(O)COCC(=O)NC(CO)(CO)CO. The Morgan fingerprint density at radius 1 is 1.06 bits per heavy atom. The molecule has 8 heteroatoms. The van der Waals surface area contributed by atoms with Gasteiger partial charge < -0.3 is 30.5 Å². The monoisotopic (exact) mass is 237 g/mol. The summed E-state index contributed by atoms with van der Waals surface area (Å²) in [5.41, 5.74) is -1.52. The summed E-state index contributed by atoms with van der Waals surface area (Å²) in [4.78, 5) is 21.2. The molecular weight excluding hydrogens is 222 g/mol. The van der Waals surface area contributed by atoms with Crippen LogP contribution in [0, 0.1) is 0 Å². The van der Waals surface area contributed by atoms with E-state index < -0.39 is 50.4 Å². The largest absolute Gasteiger partial charge is 0.480 e. The van der Waals surface area contributed by atoms with Crippen molar-refractivity contribution in [1.82, 2.24) is 5.32 Å². The van der Waals surface area contributed by atoms with Crippen molar-refractivity contribution in [3.05, 3.63) is 0 Å². The molecule has 0 atom stereocenters. The number of aliphatic hydroxyl groups is 3. The standard InChI is InChI=1S/C8H15NO7/c10-3-8(4-11,5-12)9-6(13)1-16-2-7(14)15/h10-12H,1-5H2,(H,9,13)(H,14,15). The molecule has 16 heavy (non-hydrogen) atoms. The Morgan fingerprint density at radius 2 is 1.56 bits per heavy atom. The molecule has 0 saturated carbocycles. The van der Waals surface area contributed by atoms with E-state index in [9.17, 15) is 9.59 Å². The highest BCUT2D eigenvalue weighted by Gasteiger charge is 2.29. The van der Waals surface area contributed by atoms with Gasteiger partial charge in [-0.1, -0.05) is 0 Å². The van der Waals surface area contributed by atoms with Gasteiger partial charge in [0.25, 0.3) is 0 Å². The number of ether oxygens (including phenoxy) is 1. The average molecular weight is 237 g/mol. The van der Waals surface area contributed by atoms with Crippen molar-refractivity contribution in [2.75, 3.05) is 33.0 Å². The summed E-state index contributed by atoms with van der Waals surface area (Å²) in [5.74, 6) is -1.95. The zero-order chi connectivity index (χ0) is 12.6.